The fourth-order valence-electron chi connectivity index (χ4n) is 2.44. The van der Waals surface area contributed by atoms with E-state index in [0.717, 1.165) is 25.7 Å². The monoisotopic (exact) mass is 280 g/mol. The van der Waals surface area contributed by atoms with Crippen LogP contribution < -0.4 is 0 Å². The van der Waals surface area contributed by atoms with Gasteiger partial charge in [-0.3, -0.25) is 0 Å². The fourth-order valence-corrected chi connectivity index (χ4v) is 2.44. The van der Waals surface area contributed by atoms with E-state index < -0.39 is 0 Å². The number of aryl methyl sites for hydroxylation is 2. The zero-order valence-electron chi connectivity index (χ0n) is 12.7. The predicted molar refractivity (Wildman–Crippen MR) is 89.3 cm³/mol. The number of allylic oxidation sites excluding steroid dienone is 1. The molecule has 21 heavy (non-hydrogen) atoms. The van der Waals surface area contributed by atoms with Crippen molar-refractivity contribution in [2.45, 2.75) is 38.7 Å². The number of benzene rings is 2. The summed E-state index contributed by atoms with van der Waals surface area (Å²) >= 11 is 0. The summed E-state index contributed by atoms with van der Waals surface area (Å²) in [5.41, 5.74) is 3.90. The summed E-state index contributed by atoms with van der Waals surface area (Å²) in [6, 6.07) is 20.8. The minimum atomic E-state index is -0.346. The minimum absolute atomic E-state index is 0.346. The van der Waals surface area contributed by atoms with Crippen LogP contribution in [0.1, 0.15) is 30.9 Å². The lowest BCUT2D eigenvalue weighted by molar-refractivity contribution is 0.212. The molecule has 0 saturated carbocycles. The van der Waals surface area contributed by atoms with Gasteiger partial charge in [-0.05, 0) is 43.7 Å². The molecule has 0 bridgehead atoms. The van der Waals surface area contributed by atoms with Crippen LogP contribution in [0.25, 0.3) is 0 Å². The summed E-state index contributed by atoms with van der Waals surface area (Å²) in [4.78, 5) is 0. The van der Waals surface area contributed by atoms with Crippen LogP contribution in [0.5, 0.6) is 0 Å². The summed E-state index contributed by atoms with van der Waals surface area (Å²) in [5, 5.41) is 10.1. The first-order chi connectivity index (χ1) is 10.2. The Bertz CT molecular complexity index is 543. The van der Waals surface area contributed by atoms with E-state index in [9.17, 15) is 5.11 Å². The third kappa shape index (κ3) is 5.97. The molecule has 0 unspecified atom stereocenters. The molecule has 1 nitrogen and oxygen atoms in total. The van der Waals surface area contributed by atoms with E-state index in [2.05, 4.69) is 43.3 Å². The lowest BCUT2D eigenvalue weighted by Crippen LogP contribution is -2.05. The lowest BCUT2D eigenvalue weighted by atomic mass is 10.0. The van der Waals surface area contributed by atoms with Gasteiger partial charge >= 0.3 is 0 Å². The molecule has 0 heterocycles. The molecule has 0 fully saturated rings. The van der Waals surface area contributed by atoms with Gasteiger partial charge in [0.05, 0.1) is 6.10 Å². The molecule has 0 aliphatic rings. The van der Waals surface area contributed by atoms with Gasteiger partial charge in [0.1, 0.15) is 0 Å². The Morgan fingerprint density at radius 2 is 1.43 bits per heavy atom. The van der Waals surface area contributed by atoms with Crippen LogP contribution in [0.2, 0.25) is 0 Å². The largest absolute Gasteiger partial charge is 0.389 e. The van der Waals surface area contributed by atoms with Crippen LogP contribution in [-0.4, -0.2) is 11.2 Å². The SMILES string of the molecule is C/C(=C\[C@H](O)CCc1ccccc1)CCc1ccccc1. The number of aliphatic hydroxyl groups excluding tert-OH is 1. The van der Waals surface area contributed by atoms with E-state index in [4.69, 9.17) is 0 Å². The minimum Gasteiger partial charge on any atom is -0.389 e. The molecule has 0 spiro atoms. The second-order valence-electron chi connectivity index (χ2n) is 5.59. The maximum atomic E-state index is 10.1. The van der Waals surface area contributed by atoms with Crippen LogP contribution in [0.4, 0.5) is 0 Å². The molecule has 2 aromatic rings. The van der Waals surface area contributed by atoms with Gasteiger partial charge in [-0.15, -0.1) is 0 Å². The highest BCUT2D eigenvalue weighted by molar-refractivity contribution is 5.17. The Morgan fingerprint density at radius 1 is 0.905 bits per heavy atom. The van der Waals surface area contributed by atoms with Crippen LogP contribution in [0.3, 0.4) is 0 Å². The Morgan fingerprint density at radius 3 is 2.00 bits per heavy atom. The number of aliphatic hydroxyl groups is 1. The molecule has 2 aromatic carbocycles. The van der Waals surface area contributed by atoms with Gasteiger partial charge in [-0.25, -0.2) is 0 Å². The second-order valence-corrected chi connectivity index (χ2v) is 5.59. The van der Waals surface area contributed by atoms with E-state index in [1.54, 1.807) is 0 Å². The Hall–Kier alpha value is -1.86. The molecular formula is C20H24O. The number of hydrogen-bond acceptors (Lipinski definition) is 1. The maximum Gasteiger partial charge on any atom is 0.0726 e. The molecule has 110 valence electrons. The van der Waals surface area contributed by atoms with Crippen molar-refractivity contribution in [3.63, 3.8) is 0 Å². The Labute approximate surface area is 128 Å². The molecule has 0 aromatic heterocycles. The second kappa shape index (κ2) is 8.43. The summed E-state index contributed by atoms with van der Waals surface area (Å²) < 4.78 is 0. The molecule has 0 aliphatic heterocycles. The molecule has 0 saturated heterocycles. The molecule has 0 amide bonds. The van der Waals surface area contributed by atoms with E-state index in [1.807, 2.05) is 30.3 Å². The Kier molecular flexibility index (Phi) is 6.23. The van der Waals surface area contributed by atoms with Crippen molar-refractivity contribution in [2.24, 2.45) is 0 Å². The van der Waals surface area contributed by atoms with E-state index >= 15 is 0 Å². The summed E-state index contributed by atoms with van der Waals surface area (Å²) in [5.74, 6) is 0. The molecule has 0 aliphatic carbocycles. The van der Waals surface area contributed by atoms with E-state index in [0.29, 0.717) is 0 Å². The maximum absolute atomic E-state index is 10.1. The van der Waals surface area contributed by atoms with Crippen molar-refractivity contribution in [3.05, 3.63) is 83.4 Å². The van der Waals surface area contributed by atoms with Crippen LogP contribution in [-0.2, 0) is 12.8 Å². The molecule has 1 heteroatoms. The van der Waals surface area contributed by atoms with Crippen molar-refractivity contribution in [1.82, 2.24) is 0 Å². The van der Waals surface area contributed by atoms with Crippen molar-refractivity contribution in [1.29, 1.82) is 0 Å². The fraction of sp³-hybridized carbons (Fsp3) is 0.300. The van der Waals surface area contributed by atoms with Gasteiger partial charge in [-0.1, -0.05) is 72.3 Å². The Balaban J connectivity index is 1.76. The van der Waals surface area contributed by atoms with Gasteiger partial charge in [0.2, 0.25) is 0 Å². The average Bonchev–Trinajstić information content (AvgIpc) is 2.53. The number of hydrogen-bond donors (Lipinski definition) is 1. The zero-order chi connectivity index (χ0) is 14.9. The number of rotatable bonds is 7. The highest BCUT2D eigenvalue weighted by Gasteiger charge is 2.02. The van der Waals surface area contributed by atoms with Crippen LogP contribution in [0.15, 0.2) is 72.3 Å². The van der Waals surface area contributed by atoms with Gasteiger partial charge < -0.3 is 5.11 Å². The summed E-state index contributed by atoms with van der Waals surface area (Å²) in [6.45, 7) is 2.11. The van der Waals surface area contributed by atoms with Gasteiger partial charge in [0, 0.05) is 0 Å². The van der Waals surface area contributed by atoms with E-state index in [-0.39, 0.29) is 6.10 Å². The van der Waals surface area contributed by atoms with Gasteiger partial charge in [-0.2, -0.15) is 0 Å². The van der Waals surface area contributed by atoms with Crippen LogP contribution >= 0.6 is 0 Å². The normalized spacial score (nSPS) is 13.1. The predicted octanol–water partition coefficient (Wildman–Crippen LogP) is 4.56. The third-order valence-electron chi connectivity index (χ3n) is 3.70. The first kappa shape index (κ1) is 15.5. The smallest absolute Gasteiger partial charge is 0.0726 e. The molecule has 1 N–H and O–H groups in total. The lowest BCUT2D eigenvalue weighted by Gasteiger charge is -2.08. The van der Waals surface area contributed by atoms with Crippen molar-refractivity contribution < 1.29 is 5.11 Å². The zero-order valence-corrected chi connectivity index (χ0v) is 12.7. The molecular weight excluding hydrogens is 256 g/mol. The average molecular weight is 280 g/mol. The highest BCUT2D eigenvalue weighted by Crippen LogP contribution is 2.12. The molecule has 1 atom stereocenters. The summed E-state index contributed by atoms with van der Waals surface area (Å²) in [7, 11) is 0. The topological polar surface area (TPSA) is 20.2 Å². The molecule has 2 rings (SSSR count). The quantitative estimate of drug-likeness (QED) is 0.737. The standard InChI is InChI=1S/C20H24O/c1-17(12-13-18-8-4-2-5-9-18)16-20(21)15-14-19-10-6-3-7-11-19/h2-11,16,20-21H,12-15H2,1H3/b17-16+/t20-/m1/s1. The first-order valence-corrected chi connectivity index (χ1v) is 7.67. The highest BCUT2D eigenvalue weighted by atomic mass is 16.3. The van der Waals surface area contributed by atoms with Crippen molar-refractivity contribution >= 4 is 0 Å². The van der Waals surface area contributed by atoms with Crippen molar-refractivity contribution in [2.75, 3.05) is 0 Å². The first-order valence-electron chi connectivity index (χ1n) is 7.67. The summed E-state index contributed by atoms with van der Waals surface area (Å²) in [6.07, 6.45) is 5.41. The van der Waals surface area contributed by atoms with E-state index in [1.165, 1.54) is 16.7 Å². The van der Waals surface area contributed by atoms with Crippen LogP contribution in [0, 0.1) is 0 Å². The molecule has 0 radical (unpaired) electrons. The van der Waals surface area contributed by atoms with Crippen molar-refractivity contribution in [3.8, 4) is 0 Å². The van der Waals surface area contributed by atoms with Gasteiger partial charge in [0.25, 0.3) is 0 Å². The third-order valence-corrected chi connectivity index (χ3v) is 3.70. The van der Waals surface area contributed by atoms with Gasteiger partial charge in [0.15, 0.2) is 0 Å².